The van der Waals surface area contributed by atoms with Gasteiger partial charge in [0.1, 0.15) is 5.70 Å². The quantitative estimate of drug-likeness (QED) is 0.884. The zero-order chi connectivity index (χ0) is 17.5. The lowest BCUT2D eigenvalue weighted by atomic mass is 10.00. The molecule has 3 rings (SSSR count). The summed E-state index contributed by atoms with van der Waals surface area (Å²) in [5.41, 5.74) is -3.20. The second kappa shape index (κ2) is 5.62. The Kier molecular flexibility index (Phi) is 3.87. The topological polar surface area (TPSA) is 69.6 Å². The van der Waals surface area contributed by atoms with Gasteiger partial charge in [0, 0.05) is 18.0 Å². The van der Waals surface area contributed by atoms with Crippen LogP contribution < -0.4 is 5.32 Å². The van der Waals surface area contributed by atoms with Gasteiger partial charge in [-0.05, 0) is 31.1 Å². The first kappa shape index (κ1) is 16.5. The minimum Gasteiger partial charge on any atom is -0.363 e. The number of benzene rings is 1. The van der Waals surface area contributed by atoms with Crippen LogP contribution >= 0.6 is 0 Å². The number of alkyl halides is 3. The van der Waals surface area contributed by atoms with Crippen LogP contribution in [0.5, 0.6) is 0 Å². The maximum Gasteiger partial charge on any atom is 0.437 e. The zero-order valence-electron chi connectivity index (χ0n) is 12.5. The van der Waals surface area contributed by atoms with E-state index in [1.165, 1.54) is 12.1 Å². The average Bonchev–Trinajstić information content (AvgIpc) is 3.35. The summed E-state index contributed by atoms with van der Waals surface area (Å²) in [4.78, 5) is 25.0. The maximum atomic E-state index is 13.2. The molecule has 0 bridgehead atoms. The molecule has 8 heteroatoms. The SMILES string of the molecule is O=C(NC1=CCC(O)(C(F)(F)F)N(C2CC2)C1=O)c1ccccc1. The molecule has 24 heavy (non-hydrogen) atoms. The van der Waals surface area contributed by atoms with E-state index in [9.17, 15) is 27.9 Å². The van der Waals surface area contributed by atoms with Gasteiger partial charge < -0.3 is 10.4 Å². The molecular formula is C16H15F3N2O3. The van der Waals surface area contributed by atoms with Crippen molar-refractivity contribution in [2.75, 3.05) is 0 Å². The summed E-state index contributed by atoms with van der Waals surface area (Å²) in [6, 6.07) is 7.35. The predicted octanol–water partition coefficient (Wildman–Crippen LogP) is 1.95. The Hall–Kier alpha value is -2.35. The lowest BCUT2D eigenvalue weighted by molar-refractivity contribution is -0.311. The number of halogens is 3. The number of amides is 2. The third-order valence-corrected chi connectivity index (χ3v) is 4.09. The molecule has 1 fully saturated rings. The van der Waals surface area contributed by atoms with Gasteiger partial charge in [0.05, 0.1) is 0 Å². The largest absolute Gasteiger partial charge is 0.437 e. The van der Waals surface area contributed by atoms with Gasteiger partial charge in [-0.25, -0.2) is 0 Å². The number of aliphatic hydroxyl groups is 1. The molecule has 0 aromatic heterocycles. The van der Waals surface area contributed by atoms with Gasteiger partial charge >= 0.3 is 6.18 Å². The Morgan fingerprint density at radius 1 is 1.25 bits per heavy atom. The Bertz CT molecular complexity index is 698. The van der Waals surface area contributed by atoms with Crippen LogP contribution in [0.1, 0.15) is 29.6 Å². The van der Waals surface area contributed by atoms with Crippen molar-refractivity contribution in [3.63, 3.8) is 0 Å². The van der Waals surface area contributed by atoms with Crippen molar-refractivity contribution in [2.24, 2.45) is 0 Å². The molecule has 0 saturated heterocycles. The molecule has 0 radical (unpaired) electrons. The molecule has 0 spiro atoms. The minimum absolute atomic E-state index is 0.246. The molecule has 1 aliphatic heterocycles. The van der Waals surface area contributed by atoms with Crippen LogP contribution in [0.25, 0.3) is 0 Å². The van der Waals surface area contributed by atoms with Gasteiger partial charge in [0.15, 0.2) is 0 Å². The van der Waals surface area contributed by atoms with E-state index in [2.05, 4.69) is 5.32 Å². The Morgan fingerprint density at radius 2 is 1.88 bits per heavy atom. The molecule has 1 aliphatic carbocycles. The van der Waals surface area contributed by atoms with Crippen molar-refractivity contribution in [1.82, 2.24) is 10.2 Å². The number of hydrogen-bond acceptors (Lipinski definition) is 3. The lowest BCUT2D eigenvalue weighted by Gasteiger charge is -2.43. The number of carbonyl (C=O) groups is 2. The average molecular weight is 340 g/mol. The standard InChI is InChI=1S/C16H15F3N2O3/c17-16(18,19)15(24)9-8-12(14(23)21(15)11-6-7-11)20-13(22)10-4-2-1-3-5-10/h1-5,8,11,24H,6-7,9H2,(H,20,22). The van der Waals surface area contributed by atoms with Crippen molar-refractivity contribution in [3.05, 3.63) is 47.7 Å². The summed E-state index contributed by atoms with van der Waals surface area (Å²) in [6.07, 6.45) is -4.08. The molecule has 2 N–H and O–H groups in total. The van der Waals surface area contributed by atoms with Crippen molar-refractivity contribution < 1.29 is 27.9 Å². The van der Waals surface area contributed by atoms with Crippen LogP contribution in [0.2, 0.25) is 0 Å². The van der Waals surface area contributed by atoms with Crippen LogP contribution in [0.3, 0.4) is 0 Å². The van der Waals surface area contributed by atoms with E-state index in [4.69, 9.17) is 0 Å². The molecule has 1 heterocycles. The van der Waals surface area contributed by atoms with Crippen LogP contribution in [-0.2, 0) is 4.79 Å². The third-order valence-electron chi connectivity index (χ3n) is 4.09. The number of hydrogen-bond donors (Lipinski definition) is 2. The van der Waals surface area contributed by atoms with Crippen molar-refractivity contribution >= 4 is 11.8 Å². The van der Waals surface area contributed by atoms with Gasteiger partial charge in [-0.2, -0.15) is 13.2 Å². The fourth-order valence-corrected chi connectivity index (χ4v) is 2.67. The molecule has 1 saturated carbocycles. The van der Waals surface area contributed by atoms with Gasteiger partial charge in [-0.1, -0.05) is 18.2 Å². The first-order chi connectivity index (χ1) is 11.2. The second-order valence-corrected chi connectivity index (χ2v) is 5.86. The van der Waals surface area contributed by atoms with Crippen LogP contribution in [0.15, 0.2) is 42.1 Å². The third kappa shape index (κ3) is 2.77. The molecule has 2 amide bonds. The van der Waals surface area contributed by atoms with Crippen molar-refractivity contribution in [2.45, 2.75) is 37.2 Å². The van der Waals surface area contributed by atoms with Crippen LogP contribution in [0.4, 0.5) is 13.2 Å². The number of rotatable bonds is 3. The summed E-state index contributed by atoms with van der Waals surface area (Å²) in [5, 5.41) is 12.4. The van der Waals surface area contributed by atoms with Crippen molar-refractivity contribution in [3.8, 4) is 0 Å². The zero-order valence-corrected chi connectivity index (χ0v) is 12.5. The summed E-state index contributed by atoms with van der Waals surface area (Å²) in [5.74, 6) is -1.61. The Labute approximate surface area is 135 Å². The Balaban J connectivity index is 1.86. The molecule has 1 atom stereocenters. The Morgan fingerprint density at radius 3 is 2.42 bits per heavy atom. The number of carbonyl (C=O) groups excluding carboxylic acids is 2. The highest BCUT2D eigenvalue weighted by molar-refractivity contribution is 6.03. The summed E-state index contributed by atoms with van der Waals surface area (Å²) in [7, 11) is 0. The minimum atomic E-state index is -4.98. The summed E-state index contributed by atoms with van der Waals surface area (Å²) < 4.78 is 39.7. The number of nitrogens with zero attached hydrogens (tertiary/aromatic N) is 1. The van der Waals surface area contributed by atoms with E-state index in [1.807, 2.05) is 0 Å². The monoisotopic (exact) mass is 340 g/mol. The maximum absolute atomic E-state index is 13.2. The molecule has 2 aliphatic rings. The van der Waals surface area contributed by atoms with Crippen LogP contribution in [0, 0.1) is 0 Å². The van der Waals surface area contributed by atoms with E-state index in [1.54, 1.807) is 18.2 Å². The normalized spacial score (nSPS) is 24.6. The molecule has 5 nitrogen and oxygen atoms in total. The van der Waals surface area contributed by atoms with Gasteiger partial charge in [0.25, 0.3) is 11.8 Å². The highest BCUT2D eigenvalue weighted by Crippen LogP contribution is 2.45. The van der Waals surface area contributed by atoms with Gasteiger partial charge in [-0.15, -0.1) is 0 Å². The van der Waals surface area contributed by atoms with E-state index >= 15 is 0 Å². The molecule has 128 valence electrons. The van der Waals surface area contributed by atoms with E-state index < -0.39 is 36.2 Å². The van der Waals surface area contributed by atoms with Crippen LogP contribution in [-0.4, -0.2) is 39.8 Å². The molecule has 1 aromatic carbocycles. The molecular weight excluding hydrogens is 325 g/mol. The highest BCUT2D eigenvalue weighted by atomic mass is 19.4. The predicted molar refractivity (Wildman–Crippen MR) is 77.5 cm³/mol. The first-order valence-corrected chi connectivity index (χ1v) is 7.43. The van der Waals surface area contributed by atoms with E-state index in [0.717, 1.165) is 6.08 Å². The fraction of sp³-hybridized carbons (Fsp3) is 0.375. The van der Waals surface area contributed by atoms with Crippen molar-refractivity contribution in [1.29, 1.82) is 0 Å². The summed E-state index contributed by atoms with van der Waals surface area (Å²) >= 11 is 0. The summed E-state index contributed by atoms with van der Waals surface area (Å²) in [6.45, 7) is 0. The highest BCUT2D eigenvalue weighted by Gasteiger charge is 2.63. The smallest absolute Gasteiger partial charge is 0.363 e. The second-order valence-electron chi connectivity index (χ2n) is 5.86. The first-order valence-electron chi connectivity index (χ1n) is 7.43. The molecule has 1 aromatic rings. The van der Waals surface area contributed by atoms with Gasteiger partial charge in [-0.3, -0.25) is 14.5 Å². The van der Waals surface area contributed by atoms with Gasteiger partial charge in [0.2, 0.25) is 5.72 Å². The number of nitrogens with one attached hydrogen (secondary N) is 1. The van der Waals surface area contributed by atoms with E-state index in [0.29, 0.717) is 17.7 Å². The van der Waals surface area contributed by atoms with E-state index in [-0.39, 0.29) is 11.3 Å². The molecule has 1 unspecified atom stereocenters. The fourth-order valence-electron chi connectivity index (χ4n) is 2.67. The lowest BCUT2D eigenvalue weighted by Crippen LogP contribution is -2.64.